The third-order valence-corrected chi connectivity index (χ3v) is 2.98. The average molecular weight is 258 g/mol. The summed E-state index contributed by atoms with van der Waals surface area (Å²) in [6, 6.07) is 14.3. The summed E-state index contributed by atoms with van der Waals surface area (Å²) in [5.74, 6) is 1.92. The van der Waals surface area contributed by atoms with Crippen LogP contribution < -0.4 is 10.6 Å². The van der Waals surface area contributed by atoms with Gasteiger partial charge in [-0.25, -0.2) is 0 Å². The van der Waals surface area contributed by atoms with Gasteiger partial charge in [-0.3, -0.25) is 0 Å². The van der Waals surface area contributed by atoms with Crippen molar-refractivity contribution in [3.63, 3.8) is 0 Å². The van der Waals surface area contributed by atoms with E-state index in [0.29, 0.717) is 0 Å². The van der Waals surface area contributed by atoms with Crippen LogP contribution in [-0.2, 0) is 6.54 Å². The summed E-state index contributed by atoms with van der Waals surface area (Å²) < 4.78 is 5.82. The summed E-state index contributed by atoms with van der Waals surface area (Å²) in [6.45, 7) is 6.03. The Balaban J connectivity index is 1.75. The minimum Gasteiger partial charge on any atom is -0.460 e. The fourth-order valence-electron chi connectivity index (χ4n) is 1.96. The molecule has 0 fully saturated rings. The molecule has 0 aliphatic carbocycles. The second-order valence-electron chi connectivity index (χ2n) is 4.52. The van der Waals surface area contributed by atoms with Crippen LogP contribution in [0.25, 0.3) is 11.3 Å². The molecule has 0 saturated heterocycles. The maximum Gasteiger partial charge on any atom is 0.134 e. The molecule has 2 rings (SSSR count). The van der Waals surface area contributed by atoms with Crippen LogP contribution in [0, 0.1) is 0 Å². The van der Waals surface area contributed by atoms with Gasteiger partial charge in [0.05, 0.1) is 6.54 Å². The van der Waals surface area contributed by atoms with Crippen molar-refractivity contribution in [3.05, 3.63) is 48.2 Å². The lowest BCUT2D eigenvalue weighted by atomic mass is 10.2. The number of rotatable bonds is 8. The summed E-state index contributed by atoms with van der Waals surface area (Å²) in [7, 11) is 0. The quantitative estimate of drug-likeness (QED) is 0.715. The molecule has 0 aliphatic rings. The lowest BCUT2D eigenvalue weighted by Crippen LogP contribution is -2.21. The SMILES string of the molecule is CCNCCCNCc1ccc(-c2ccccc2)o1. The van der Waals surface area contributed by atoms with E-state index in [0.717, 1.165) is 49.7 Å². The molecule has 1 aromatic carbocycles. The molecule has 0 aliphatic heterocycles. The number of benzene rings is 1. The highest BCUT2D eigenvalue weighted by Gasteiger charge is 2.03. The van der Waals surface area contributed by atoms with Crippen molar-refractivity contribution in [2.75, 3.05) is 19.6 Å². The fourth-order valence-corrected chi connectivity index (χ4v) is 1.96. The predicted octanol–water partition coefficient (Wildman–Crippen LogP) is 3.04. The Hall–Kier alpha value is -1.58. The first-order chi connectivity index (χ1) is 9.40. The molecule has 1 heterocycles. The Morgan fingerprint density at radius 3 is 2.53 bits per heavy atom. The van der Waals surface area contributed by atoms with Gasteiger partial charge in [-0.1, -0.05) is 37.3 Å². The standard InChI is InChI=1S/C16H22N2O/c1-2-17-11-6-12-18-13-15-9-10-16(19-15)14-7-4-3-5-8-14/h3-5,7-10,17-18H,2,6,11-13H2,1H3. The van der Waals surface area contributed by atoms with Crippen molar-refractivity contribution in [2.24, 2.45) is 0 Å². The first-order valence-corrected chi connectivity index (χ1v) is 6.95. The molecule has 0 atom stereocenters. The molecule has 0 saturated carbocycles. The van der Waals surface area contributed by atoms with Crippen LogP contribution in [0.2, 0.25) is 0 Å². The maximum atomic E-state index is 5.82. The molecule has 2 N–H and O–H groups in total. The van der Waals surface area contributed by atoms with E-state index < -0.39 is 0 Å². The molecule has 3 nitrogen and oxygen atoms in total. The van der Waals surface area contributed by atoms with E-state index in [1.165, 1.54) is 0 Å². The van der Waals surface area contributed by atoms with Crippen LogP contribution >= 0.6 is 0 Å². The van der Waals surface area contributed by atoms with Crippen LogP contribution in [0.4, 0.5) is 0 Å². The third kappa shape index (κ3) is 4.54. The van der Waals surface area contributed by atoms with Gasteiger partial charge in [0.2, 0.25) is 0 Å². The molecule has 19 heavy (non-hydrogen) atoms. The highest BCUT2D eigenvalue weighted by molar-refractivity contribution is 5.57. The average Bonchev–Trinajstić information content (AvgIpc) is 2.92. The smallest absolute Gasteiger partial charge is 0.134 e. The van der Waals surface area contributed by atoms with Crippen LogP contribution in [0.1, 0.15) is 19.1 Å². The predicted molar refractivity (Wildman–Crippen MR) is 79.0 cm³/mol. The summed E-state index contributed by atoms with van der Waals surface area (Å²) in [5.41, 5.74) is 1.13. The normalized spacial score (nSPS) is 10.8. The summed E-state index contributed by atoms with van der Waals surface area (Å²) in [6.07, 6.45) is 1.14. The first-order valence-electron chi connectivity index (χ1n) is 6.95. The highest BCUT2D eigenvalue weighted by atomic mass is 16.3. The molecular formula is C16H22N2O. The van der Waals surface area contributed by atoms with Crippen LogP contribution in [0.5, 0.6) is 0 Å². The van der Waals surface area contributed by atoms with Gasteiger partial charge in [0.1, 0.15) is 11.5 Å². The van der Waals surface area contributed by atoms with Crippen LogP contribution in [0.3, 0.4) is 0 Å². The van der Waals surface area contributed by atoms with E-state index in [1.807, 2.05) is 30.3 Å². The monoisotopic (exact) mass is 258 g/mol. The molecule has 0 unspecified atom stereocenters. The van der Waals surface area contributed by atoms with Crippen LogP contribution in [0.15, 0.2) is 46.9 Å². The molecular weight excluding hydrogens is 236 g/mol. The summed E-state index contributed by atoms with van der Waals surface area (Å²) >= 11 is 0. The van der Waals surface area contributed by atoms with E-state index in [-0.39, 0.29) is 0 Å². The molecule has 0 radical (unpaired) electrons. The third-order valence-electron chi connectivity index (χ3n) is 2.98. The van der Waals surface area contributed by atoms with Crippen molar-refractivity contribution >= 4 is 0 Å². The van der Waals surface area contributed by atoms with Gasteiger partial charge in [-0.15, -0.1) is 0 Å². The Kier molecular flexibility index (Phi) is 5.66. The minimum atomic E-state index is 0.791. The van der Waals surface area contributed by atoms with Gasteiger partial charge in [-0.2, -0.15) is 0 Å². The van der Waals surface area contributed by atoms with Gasteiger partial charge in [0.15, 0.2) is 0 Å². The number of hydrogen-bond acceptors (Lipinski definition) is 3. The Morgan fingerprint density at radius 1 is 0.947 bits per heavy atom. The van der Waals surface area contributed by atoms with E-state index in [1.54, 1.807) is 0 Å². The lowest BCUT2D eigenvalue weighted by Gasteiger charge is -2.03. The summed E-state index contributed by atoms with van der Waals surface area (Å²) in [5, 5.41) is 6.70. The molecule has 1 aromatic heterocycles. The lowest BCUT2D eigenvalue weighted by molar-refractivity contribution is 0.488. The molecule has 2 aromatic rings. The molecule has 0 amide bonds. The zero-order valence-corrected chi connectivity index (χ0v) is 11.5. The van der Waals surface area contributed by atoms with E-state index in [9.17, 15) is 0 Å². The Labute approximate surface area is 115 Å². The highest BCUT2D eigenvalue weighted by Crippen LogP contribution is 2.21. The number of nitrogens with one attached hydrogen (secondary N) is 2. The van der Waals surface area contributed by atoms with Crippen molar-refractivity contribution in [3.8, 4) is 11.3 Å². The van der Waals surface area contributed by atoms with Crippen molar-refractivity contribution < 1.29 is 4.42 Å². The van der Waals surface area contributed by atoms with Gasteiger partial charge in [0.25, 0.3) is 0 Å². The number of furan rings is 1. The second-order valence-corrected chi connectivity index (χ2v) is 4.52. The Bertz CT molecular complexity index is 465. The van der Waals surface area contributed by atoms with E-state index in [2.05, 4.69) is 29.7 Å². The largest absolute Gasteiger partial charge is 0.460 e. The van der Waals surface area contributed by atoms with Gasteiger partial charge < -0.3 is 15.1 Å². The van der Waals surface area contributed by atoms with E-state index in [4.69, 9.17) is 4.42 Å². The minimum absolute atomic E-state index is 0.791. The van der Waals surface area contributed by atoms with Crippen molar-refractivity contribution in [1.82, 2.24) is 10.6 Å². The zero-order chi connectivity index (χ0) is 13.3. The zero-order valence-electron chi connectivity index (χ0n) is 11.5. The topological polar surface area (TPSA) is 37.2 Å². The van der Waals surface area contributed by atoms with Crippen molar-refractivity contribution in [2.45, 2.75) is 19.9 Å². The van der Waals surface area contributed by atoms with Crippen LogP contribution in [-0.4, -0.2) is 19.6 Å². The second kappa shape index (κ2) is 7.77. The fraction of sp³-hybridized carbons (Fsp3) is 0.375. The molecule has 0 bridgehead atoms. The number of hydrogen-bond donors (Lipinski definition) is 2. The first kappa shape index (κ1) is 13.8. The molecule has 3 heteroatoms. The van der Waals surface area contributed by atoms with Gasteiger partial charge in [-0.05, 0) is 38.2 Å². The van der Waals surface area contributed by atoms with Gasteiger partial charge >= 0.3 is 0 Å². The van der Waals surface area contributed by atoms with E-state index >= 15 is 0 Å². The van der Waals surface area contributed by atoms with Crippen molar-refractivity contribution in [1.29, 1.82) is 0 Å². The maximum absolute atomic E-state index is 5.82. The molecule has 102 valence electrons. The molecule has 0 spiro atoms. The van der Waals surface area contributed by atoms with Gasteiger partial charge in [0, 0.05) is 5.56 Å². The summed E-state index contributed by atoms with van der Waals surface area (Å²) in [4.78, 5) is 0. The Morgan fingerprint density at radius 2 is 1.74 bits per heavy atom.